The van der Waals surface area contributed by atoms with E-state index in [2.05, 4.69) is 28.6 Å². The second-order valence-electron chi connectivity index (χ2n) is 7.70. The summed E-state index contributed by atoms with van der Waals surface area (Å²) in [6, 6.07) is 1.70. The zero-order valence-corrected chi connectivity index (χ0v) is 15.7. The van der Waals surface area contributed by atoms with E-state index in [1.807, 2.05) is 0 Å². The van der Waals surface area contributed by atoms with Gasteiger partial charge in [0.15, 0.2) is 0 Å². The van der Waals surface area contributed by atoms with Crippen LogP contribution in [-0.2, 0) is 11.3 Å². The van der Waals surface area contributed by atoms with Crippen LogP contribution in [0.2, 0.25) is 0 Å². The summed E-state index contributed by atoms with van der Waals surface area (Å²) in [4.78, 5) is 21.8. The highest BCUT2D eigenvalue weighted by Crippen LogP contribution is 2.18. The summed E-state index contributed by atoms with van der Waals surface area (Å²) in [6.07, 6.45) is 4.07. The van der Waals surface area contributed by atoms with Gasteiger partial charge < -0.3 is 9.64 Å². The number of nitrogens with zero attached hydrogens (tertiary/aromatic N) is 4. The van der Waals surface area contributed by atoms with Crippen LogP contribution in [0.25, 0.3) is 0 Å². The minimum absolute atomic E-state index is 0.0912. The average molecular weight is 348 g/mol. The lowest BCUT2D eigenvalue weighted by Crippen LogP contribution is -2.44. The van der Waals surface area contributed by atoms with Crippen molar-refractivity contribution in [3.8, 4) is 0 Å². The Morgan fingerprint density at radius 2 is 1.76 bits per heavy atom. The number of piperidine rings is 1. The van der Waals surface area contributed by atoms with Gasteiger partial charge in [0, 0.05) is 38.8 Å². The second-order valence-corrected chi connectivity index (χ2v) is 7.70. The highest BCUT2D eigenvalue weighted by atomic mass is 16.5. The minimum atomic E-state index is 0.0912. The van der Waals surface area contributed by atoms with Crippen molar-refractivity contribution >= 4 is 0 Å². The summed E-state index contributed by atoms with van der Waals surface area (Å²) in [5.41, 5.74) is 0.979. The Morgan fingerprint density at radius 3 is 2.36 bits per heavy atom. The maximum absolute atomic E-state index is 12.3. The summed E-state index contributed by atoms with van der Waals surface area (Å²) in [6.45, 7) is 13.4. The van der Waals surface area contributed by atoms with Gasteiger partial charge in [-0.15, -0.1) is 0 Å². The molecule has 1 aromatic heterocycles. The van der Waals surface area contributed by atoms with Gasteiger partial charge >= 0.3 is 0 Å². The Morgan fingerprint density at radius 1 is 1.12 bits per heavy atom. The fraction of sp³-hybridized carbons (Fsp3) is 0.789. The first-order chi connectivity index (χ1) is 12.1. The third-order valence-electron chi connectivity index (χ3n) is 5.49. The lowest BCUT2D eigenvalue weighted by Gasteiger charge is -2.34. The summed E-state index contributed by atoms with van der Waals surface area (Å²) in [5.74, 6) is 0.890. The fourth-order valence-electron chi connectivity index (χ4n) is 3.67. The van der Waals surface area contributed by atoms with Crippen LogP contribution in [0, 0.1) is 5.92 Å². The molecule has 1 aromatic rings. The van der Waals surface area contributed by atoms with E-state index in [-0.39, 0.29) is 5.56 Å². The molecule has 2 aliphatic rings. The molecule has 140 valence electrons. The second kappa shape index (κ2) is 8.92. The highest BCUT2D eigenvalue weighted by molar-refractivity contribution is 5.04. The van der Waals surface area contributed by atoms with Crippen molar-refractivity contribution in [1.29, 1.82) is 0 Å². The summed E-state index contributed by atoms with van der Waals surface area (Å²) < 4.78 is 7.20. The lowest BCUT2D eigenvalue weighted by molar-refractivity contribution is 0.0312. The molecule has 0 aromatic carbocycles. The van der Waals surface area contributed by atoms with Gasteiger partial charge in [-0.2, -0.15) is 0 Å². The van der Waals surface area contributed by atoms with Crippen molar-refractivity contribution in [3.05, 3.63) is 28.4 Å². The third-order valence-corrected chi connectivity index (χ3v) is 5.49. The van der Waals surface area contributed by atoms with Gasteiger partial charge in [-0.05, 0) is 37.8 Å². The Balaban J connectivity index is 1.42. The normalized spacial score (nSPS) is 21.1. The Kier molecular flexibility index (Phi) is 6.62. The molecule has 0 amide bonds. The van der Waals surface area contributed by atoms with Gasteiger partial charge in [0.1, 0.15) is 0 Å². The smallest absolute Gasteiger partial charge is 0.253 e. The topological polar surface area (TPSA) is 50.6 Å². The van der Waals surface area contributed by atoms with Crippen molar-refractivity contribution in [2.75, 3.05) is 52.5 Å². The molecule has 0 atom stereocenters. The average Bonchev–Trinajstić information content (AvgIpc) is 2.63. The molecule has 0 aliphatic carbocycles. The zero-order chi connectivity index (χ0) is 17.6. The van der Waals surface area contributed by atoms with Crippen LogP contribution in [0.5, 0.6) is 0 Å². The summed E-state index contributed by atoms with van der Waals surface area (Å²) >= 11 is 0. The molecule has 0 radical (unpaired) electrons. The lowest BCUT2D eigenvalue weighted by atomic mass is 9.96. The molecule has 25 heavy (non-hydrogen) atoms. The molecule has 0 unspecified atom stereocenters. The van der Waals surface area contributed by atoms with Crippen LogP contribution in [-0.4, -0.2) is 71.8 Å². The molecule has 6 nitrogen and oxygen atoms in total. The van der Waals surface area contributed by atoms with Crippen LogP contribution in [0.4, 0.5) is 0 Å². The number of rotatable bonds is 6. The van der Waals surface area contributed by atoms with Crippen molar-refractivity contribution < 1.29 is 4.74 Å². The molecular formula is C19H32N4O2. The van der Waals surface area contributed by atoms with E-state index in [0.717, 1.165) is 64.7 Å². The third kappa shape index (κ3) is 5.36. The van der Waals surface area contributed by atoms with E-state index in [1.165, 1.54) is 12.8 Å². The molecule has 0 bridgehead atoms. The van der Waals surface area contributed by atoms with Crippen LogP contribution in [0.1, 0.15) is 38.3 Å². The number of hydrogen-bond donors (Lipinski definition) is 0. The van der Waals surface area contributed by atoms with Crippen LogP contribution >= 0.6 is 0 Å². The first-order valence-corrected chi connectivity index (χ1v) is 9.70. The van der Waals surface area contributed by atoms with Crippen LogP contribution < -0.4 is 5.56 Å². The molecule has 0 spiro atoms. The van der Waals surface area contributed by atoms with Crippen molar-refractivity contribution in [2.24, 2.45) is 5.92 Å². The van der Waals surface area contributed by atoms with E-state index >= 15 is 0 Å². The minimum Gasteiger partial charge on any atom is -0.379 e. The molecular weight excluding hydrogens is 316 g/mol. The van der Waals surface area contributed by atoms with E-state index in [1.54, 1.807) is 17.0 Å². The zero-order valence-electron chi connectivity index (χ0n) is 15.7. The molecule has 2 fully saturated rings. The number of ether oxygens (including phenoxy) is 1. The van der Waals surface area contributed by atoms with Crippen molar-refractivity contribution in [1.82, 2.24) is 19.4 Å². The van der Waals surface area contributed by atoms with Crippen molar-refractivity contribution in [3.63, 3.8) is 0 Å². The van der Waals surface area contributed by atoms with E-state index in [0.29, 0.717) is 11.8 Å². The number of aromatic nitrogens is 2. The molecule has 0 saturated carbocycles. The van der Waals surface area contributed by atoms with E-state index in [4.69, 9.17) is 4.74 Å². The van der Waals surface area contributed by atoms with Crippen LogP contribution in [0.3, 0.4) is 0 Å². The molecule has 0 N–H and O–H groups in total. The predicted octanol–water partition coefficient (Wildman–Crippen LogP) is 1.41. The fourth-order valence-corrected chi connectivity index (χ4v) is 3.67. The SMILES string of the molecule is CC(C)c1cc(=O)n(CC2CCN(CCN3CCOCC3)CC2)cn1. The predicted molar refractivity (Wildman–Crippen MR) is 99.0 cm³/mol. The maximum Gasteiger partial charge on any atom is 0.253 e. The first-order valence-electron chi connectivity index (χ1n) is 9.70. The van der Waals surface area contributed by atoms with Gasteiger partial charge in [-0.3, -0.25) is 14.3 Å². The first kappa shape index (κ1) is 18.5. The molecule has 3 rings (SSSR count). The summed E-state index contributed by atoms with van der Waals surface area (Å²) in [7, 11) is 0. The largest absolute Gasteiger partial charge is 0.379 e. The van der Waals surface area contributed by atoms with Gasteiger partial charge in [0.2, 0.25) is 0 Å². The molecule has 6 heteroatoms. The molecule has 3 heterocycles. The van der Waals surface area contributed by atoms with Gasteiger partial charge in [-0.25, -0.2) is 4.98 Å². The number of likely N-dealkylation sites (tertiary alicyclic amines) is 1. The van der Waals surface area contributed by atoms with Crippen LogP contribution in [0.15, 0.2) is 17.2 Å². The number of morpholine rings is 1. The molecule has 2 saturated heterocycles. The van der Waals surface area contributed by atoms with E-state index in [9.17, 15) is 4.79 Å². The Bertz CT molecular complexity index is 587. The summed E-state index contributed by atoms with van der Waals surface area (Å²) in [5, 5.41) is 0. The Labute approximate surface area is 150 Å². The quantitative estimate of drug-likeness (QED) is 0.778. The number of hydrogen-bond acceptors (Lipinski definition) is 5. The van der Waals surface area contributed by atoms with Gasteiger partial charge in [0.25, 0.3) is 5.56 Å². The van der Waals surface area contributed by atoms with Crippen molar-refractivity contribution in [2.45, 2.75) is 39.2 Å². The standard InChI is InChI=1S/C19H32N4O2/c1-16(2)18-13-19(24)23(15-20-18)14-17-3-5-21(6-4-17)7-8-22-9-11-25-12-10-22/h13,15-17H,3-12,14H2,1-2H3. The maximum atomic E-state index is 12.3. The Hall–Kier alpha value is -1.24. The van der Waals surface area contributed by atoms with Gasteiger partial charge in [0.05, 0.1) is 25.2 Å². The highest BCUT2D eigenvalue weighted by Gasteiger charge is 2.21. The monoisotopic (exact) mass is 348 g/mol. The van der Waals surface area contributed by atoms with E-state index < -0.39 is 0 Å². The van der Waals surface area contributed by atoms with Gasteiger partial charge in [-0.1, -0.05) is 13.8 Å². The molecule has 2 aliphatic heterocycles.